The van der Waals surface area contributed by atoms with Crippen LogP contribution in [0.15, 0.2) is 17.8 Å². The number of aromatic nitrogens is 2. The Bertz CT molecular complexity index is 478. The summed E-state index contributed by atoms with van der Waals surface area (Å²) in [6.07, 6.45) is 3.06. The summed E-state index contributed by atoms with van der Waals surface area (Å²) in [6.45, 7) is 4.49. The van der Waals surface area contributed by atoms with E-state index in [0.717, 1.165) is 5.57 Å². The summed E-state index contributed by atoms with van der Waals surface area (Å²) in [5.41, 5.74) is 1.71. The van der Waals surface area contributed by atoms with Crippen LogP contribution in [0, 0.1) is 16.0 Å². The van der Waals surface area contributed by atoms with Crippen molar-refractivity contribution in [2.24, 2.45) is 13.0 Å². The van der Waals surface area contributed by atoms with E-state index in [1.54, 1.807) is 7.05 Å². The second-order valence-corrected chi connectivity index (χ2v) is 4.40. The van der Waals surface area contributed by atoms with Gasteiger partial charge in [0.1, 0.15) is 18.0 Å². The maximum atomic E-state index is 10.9. The van der Waals surface area contributed by atoms with Gasteiger partial charge in [-0.25, -0.2) is 0 Å². The lowest BCUT2D eigenvalue weighted by molar-refractivity contribution is -0.386. The van der Waals surface area contributed by atoms with Crippen molar-refractivity contribution in [1.29, 1.82) is 0 Å². The number of ether oxygens (including phenoxy) is 1. The molecule has 0 amide bonds. The molecule has 1 aromatic heterocycles. The minimum Gasteiger partial charge on any atom is -0.367 e. The zero-order chi connectivity index (χ0) is 12.6. The minimum atomic E-state index is -0.413. The zero-order valence-corrected chi connectivity index (χ0v) is 10.1. The number of nitro groups is 1. The fourth-order valence-electron chi connectivity index (χ4n) is 2.19. The van der Waals surface area contributed by atoms with Gasteiger partial charge < -0.3 is 4.74 Å². The molecule has 0 bridgehead atoms. The van der Waals surface area contributed by atoms with Gasteiger partial charge >= 0.3 is 5.69 Å². The number of aryl methyl sites for hydroxylation is 1. The second-order valence-electron chi connectivity index (χ2n) is 4.40. The highest BCUT2D eigenvalue weighted by atomic mass is 16.6. The lowest BCUT2D eigenvalue weighted by atomic mass is 9.96. The first-order chi connectivity index (χ1) is 8.00. The SMILES string of the molecule is CC1=C[C@H](C)[C@@H](c2c([N+](=O)[O-])cnn2C)OC1. The van der Waals surface area contributed by atoms with E-state index in [1.807, 2.05) is 13.8 Å². The Morgan fingerprint density at radius 2 is 2.35 bits per heavy atom. The van der Waals surface area contributed by atoms with Crippen LogP contribution in [-0.2, 0) is 11.8 Å². The quantitative estimate of drug-likeness (QED) is 0.448. The van der Waals surface area contributed by atoms with Crippen molar-refractivity contribution in [1.82, 2.24) is 9.78 Å². The maximum Gasteiger partial charge on any atom is 0.312 e. The van der Waals surface area contributed by atoms with Gasteiger partial charge in [0, 0.05) is 13.0 Å². The minimum absolute atomic E-state index is 0.0253. The molecule has 6 heteroatoms. The summed E-state index contributed by atoms with van der Waals surface area (Å²) in [4.78, 5) is 10.5. The first kappa shape index (κ1) is 11.8. The van der Waals surface area contributed by atoms with Crippen molar-refractivity contribution in [3.8, 4) is 0 Å². The van der Waals surface area contributed by atoms with Gasteiger partial charge in [0.15, 0.2) is 0 Å². The van der Waals surface area contributed by atoms with Crippen LogP contribution in [0.25, 0.3) is 0 Å². The molecule has 1 aliphatic rings. The molecule has 92 valence electrons. The molecule has 1 aromatic rings. The Hall–Kier alpha value is -1.69. The van der Waals surface area contributed by atoms with Crippen molar-refractivity contribution < 1.29 is 9.66 Å². The van der Waals surface area contributed by atoms with E-state index in [9.17, 15) is 10.1 Å². The van der Waals surface area contributed by atoms with Gasteiger partial charge in [-0.2, -0.15) is 5.10 Å². The molecule has 6 nitrogen and oxygen atoms in total. The lowest BCUT2D eigenvalue weighted by Crippen LogP contribution is -2.21. The van der Waals surface area contributed by atoms with E-state index in [0.29, 0.717) is 12.3 Å². The third kappa shape index (κ3) is 2.08. The Labute approximate surface area is 99.0 Å². The van der Waals surface area contributed by atoms with Gasteiger partial charge in [0.2, 0.25) is 0 Å². The van der Waals surface area contributed by atoms with E-state index in [2.05, 4.69) is 11.2 Å². The third-order valence-corrected chi connectivity index (χ3v) is 2.95. The van der Waals surface area contributed by atoms with Crippen LogP contribution in [0.5, 0.6) is 0 Å². The standard InChI is InChI=1S/C11H15N3O3/c1-7-4-8(2)11(17-6-7)10-9(14(15)16)5-12-13(10)3/h4-5,8,11H,6H2,1-3H3/t8-,11-/m0/s1. The summed E-state index contributed by atoms with van der Waals surface area (Å²) in [5, 5.41) is 14.9. The molecule has 0 saturated carbocycles. The van der Waals surface area contributed by atoms with Crippen molar-refractivity contribution in [3.63, 3.8) is 0 Å². The second kappa shape index (κ2) is 4.29. The summed E-state index contributed by atoms with van der Waals surface area (Å²) >= 11 is 0. The topological polar surface area (TPSA) is 70.2 Å². The molecule has 2 heterocycles. The highest BCUT2D eigenvalue weighted by Gasteiger charge is 2.32. The summed E-state index contributed by atoms with van der Waals surface area (Å²) in [6, 6.07) is 0. The molecule has 0 aromatic carbocycles. The molecule has 0 saturated heterocycles. The molecule has 0 spiro atoms. The first-order valence-electron chi connectivity index (χ1n) is 5.46. The van der Waals surface area contributed by atoms with Crippen LogP contribution < -0.4 is 0 Å². The Balaban J connectivity index is 2.41. The number of hydrogen-bond donors (Lipinski definition) is 0. The zero-order valence-electron chi connectivity index (χ0n) is 10.1. The highest BCUT2D eigenvalue weighted by molar-refractivity contribution is 5.36. The van der Waals surface area contributed by atoms with Gasteiger partial charge in [-0.15, -0.1) is 0 Å². The van der Waals surface area contributed by atoms with Gasteiger partial charge in [-0.1, -0.05) is 18.6 Å². The van der Waals surface area contributed by atoms with Gasteiger partial charge in [-0.05, 0) is 6.92 Å². The van der Waals surface area contributed by atoms with Crippen LogP contribution >= 0.6 is 0 Å². The molecule has 17 heavy (non-hydrogen) atoms. The van der Waals surface area contributed by atoms with Crippen molar-refractivity contribution in [3.05, 3.63) is 33.7 Å². The molecule has 0 fully saturated rings. The lowest BCUT2D eigenvalue weighted by Gasteiger charge is -2.26. The normalized spacial score (nSPS) is 24.5. The van der Waals surface area contributed by atoms with E-state index >= 15 is 0 Å². The van der Waals surface area contributed by atoms with Gasteiger partial charge in [0.05, 0.1) is 11.5 Å². The smallest absolute Gasteiger partial charge is 0.312 e. The fraction of sp³-hybridized carbons (Fsp3) is 0.545. The highest BCUT2D eigenvalue weighted by Crippen LogP contribution is 2.36. The maximum absolute atomic E-state index is 10.9. The van der Waals surface area contributed by atoms with Crippen LogP contribution in [0.1, 0.15) is 25.6 Å². The molecule has 0 unspecified atom stereocenters. The number of nitrogens with zero attached hydrogens (tertiary/aromatic N) is 3. The van der Waals surface area contributed by atoms with E-state index in [4.69, 9.17) is 4.74 Å². The van der Waals surface area contributed by atoms with E-state index in [-0.39, 0.29) is 17.7 Å². The summed E-state index contributed by atoms with van der Waals surface area (Å²) in [5.74, 6) is 0.109. The molecule has 2 rings (SSSR count). The predicted octanol–water partition coefficient (Wildman–Crippen LogP) is 1.98. The van der Waals surface area contributed by atoms with Crippen LogP contribution in [0.3, 0.4) is 0 Å². The Morgan fingerprint density at radius 1 is 1.65 bits per heavy atom. The van der Waals surface area contributed by atoms with Crippen LogP contribution in [0.4, 0.5) is 5.69 Å². The Kier molecular flexibility index (Phi) is 2.97. The summed E-state index contributed by atoms with van der Waals surface area (Å²) in [7, 11) is 1.70. The largest absolute Gasteiger partial charge is 0.367 e. The molecule has 1 aliphatic heterocycles. The van der Waals surface area contributed by atoms with Crippen molar-refractivity contribution in [2.45, 2.75) is 20.0 Å². The molecular weight excluding hydrogens is 222 g/mol. The van der Waals surface area contributed by atoms with Crippen LogP contribution in [-0.4, -0.2) is 21.3 Å². The third-order valence-electron chi connectivity index (χ3n) is 2.95. The molecule has 0 aliphatic carbocycles. The van der Waals surface area contributed by atoms with Gasteiger partial charge in [-0.3, -0.25) is 14.8 Å². The molecule has 2 atom stereocenters. The first-order valence-corrected chi connectivity index (χ1v) is 5.46. The average molecular weight is 237 g/mol. The van der Waals surface area contributed by atoms with Crippen molar-refractivity contribution in [2.75, 3.05) is 6.61 Å². The van der Waals surface area contributed by atoms with E-state index in [1.165, 1.54) is 10.9 Å². The van der Waals surface area contributed by atoms with Crippen LogP contribution in [0.2, 0.25) is 0 Å². The predicted molar refractivity (Wildman–Crippen MR) is 61.5 cm³/mol. The van der Waals surface area contributed by atoms with Gasteiger partial charge in [0.25, 0.3) is 0 Å². The van der Waals surface area contributed by atoms with E-state index < -0.39 is 4.92 Å². The molecular formula is C11H15N3O3. The molecule has 0 radical (unpaired) electrons. The fourth-order valence-corrected chi connectivity index (χ4v) is 2.19. The average Bonchev–Trinajstić information content (AvgIpc) is 2.60. The number of hydrogen-bond acceptors (Lipinski definition) is 4. The monoisotopic (exact) mass is 237 g/mol. The summed E-state index contributed by atoms with van der Waals surface area (Å²) < 4.78 is 7.21. The number of rotatable bonds is 2. The Morgan fingerprint density at radius 3 is 2.94 bits per heavy atom. The molecule has 0 N–H and O–H groups in total. The van der Waals surface area contributed by atoms with Crippen molar-refractivity contribution >= 4 is 5.69 Å².